The highest BCUT2D eigenvalue weighted by atomic mass is 16.1. The van der Waals surface area contributed by atoms with E-state index < -0.39 is 0 Å². The maximum absolute atomic E-state index is 12.2. The van der Waals surface area contributed by atoms with Gasteiger partial charge in [0.2, 0.25) is 0 Å². The van der Waals surface area contributed by atoms with Gasteiger partial charge in [0.15, 0.2) is 0 Å². The SMILES string of the molecule is C[C@@]12C(=O)[C@H]3[C@H]4C(=O)[C@@H]1[C@H]1C2[C@@H]3C[C@@H]41. The minimum Gasteiger partial charge on any atom is -0.299 e. The van der Waals surface area contributed by atoms with E-state index in [9.17, 15) is 9.59 Å². The average molecular weight is 188 g/mol. The number of carbonyl (C=O) groups is 2. The fraction of sp³-hybridized carbons (Fsp3) is 0.833. The lowest BCUT2D eigenvalue weighted by atomic mass is 9.49. The molecule has 2 bridgehead atoms. The molecule has 0 aromatic rings. The Hall–Kier alpha value is -0.660. The van der Waals surface area contributed by atoms with Crippen LogP contribution < -0.4 is 0 Å². The summed E-state index contributed by atoms with van der Waals surface area (Å²) >= 11 is 0. The van der Waals surface area contributed by atoms with Crippen LogP contribution in [0.25, 0.3) is 0 Å². The zero-order chi connectivity index (χ0) is 9.40. The molecule has 0 aromatic heterocycles. The standard InChI is InChI=1S/C12H12O2/c1-12-8-4-2-3-5(6(4)11(12)14)10(13)9(12)7(3)8/h3-9H,2H2,1H3/t3-,4+,5-,6+,7+,8?,9-,12-/m0/s1. The number of Topliss-reactive ketones (excluding diaryl/α,β-unsaturated/α-hetero) is 2. The Kier molecular flexibility index (Phi) is 0.689. The predicted molar refractivity (Wildman–Crippen MR) is 47.2 cm³/mol. The summed E-state index contributed by atoms with van der Waals surface area (Å²) in [4.78, 5) is 24.3. The lowest BCUT2D eigenvalue weighted by Gasteiger charge is -2.51. The van der Waals surface area contributed by atoms with Gasteiger partial charge in [0.1, 0.15) is 11.6 Å². The summed E-state index contributed by atoms with van der Waals surface area (Å²) in [6, 6.07) is 0. The Morgan fingerprint density at radius 1 is 1.21 bits per heavy atom. The number of hydrogen-bond acceptors (Lipinski definition) is 2. The maximum Gasteiger partial charge on any atom is 0.143 e. The van der Waals surface area contributed by atoms with Crippen LogP contribution in [0.2, 0.25) is 0 Å². The first-order valence-corrected chi connectivity index (χ1v) is 5.75. The number of rotatable bonds is 0. The largest absolute Gasteiger partial charge is 0.299 e. The van der Waals surface area contributed by atoms with Crippen molar-refractivity contribution < 1.29 is 9.59 Å². The van der Waals surface area contributed by atoms with Crippen molar-refractivity contribution >= 4 is 11.6 Å². The first kappa shape index (κ1) is 6.76. The van der Waals surface area contributed by atoms with Crippen molar-refractivity contribution in [1.29, 1.82) is 0 Å². The molecule has 14 heavy (non-hydrogen) atoms. The van der Waals surface area contributed by atoms with Gasteiger partial charge in [-0.2, -0.15) is 0 Å². The summed E-state index contributed by atoms with van der Waals surface area (Å²) < 4.78 is 0. The molecule has 5 fully saturated rings. The van der Waals surface area contributed by atoms with E-state index in [-0.39, 0.29) is 23.2 Å². The van der Waals surface area contributed by atoms with Crippen molar-refractivity contribution in [3.8, 4) is 0 Å². The third-order valence-electron chi connectivity index (χ3n) is 6.42. The molecule has 2 nitrogen and oxygen atoms in total. The van der Waals surface area contributed by atoms with Crippen LogP contribution in [0.1, 0.15) is 13.3 Å². The molecule has 0 aromatic carbocycles. The van der Waals surface area contributed by atoms with Gasteiger partial charge in [-0.15, -0.1) is 0 Å². The second-order valence-corrected chi connectivity index (χ2v) is 6.25. The first-order valence-electron chi connectivity index (χ1n) is 5.75. The molecule has 72 valence electrons. The van der Waals surface area contributed by atoms with Crippen molar-refractivity contribution in [2.45, 2.75) is 13.3 Å². The molecule has 1 unspecified atom stereocenters. The number of carbonyl (C=O) groups excluding carboxylic acids is 2. The maximum atomic E-state index is 12.2. The number of fused-ring (bicyclic) bond motifs is 2. The Labute approximate surface area is 82.0 Å². The Bertz CT molecular complexity index is 422. The highest BCUT2D eigenvalue weighted by Crippen LogP contribution is 2.84. The van der Waals surface area contributed by atoms with Gasteiger partial charge in [-0.3, -0.25) is 9.59 Å². The molecule has 0 saturated heterocycles. The Morgan fingerprint density at radius 2 is 2.00 bits per heavy atom. The molecule has 5 rings (SSSR count). The second-order valence-electron chi connectivity index (χ2n) is 6.25. The van der Waals surface area contributed by atoms with Crippen LogP contribution in [0.5, 0.6) is 0 Å². The van der Waals surface area contributed by atoms with Gasteiger partial charge in [-0.25, -0.2) is 0 Å². The van der Waals surface area contributed by atoms with Crippen molar-refractivity contribution in [3.05, 3.63) is 0 Å². The minimum atomic E-state index is -0.182. The van der Waals surface area contributed by atoms with Crippen LogP contribution >= 0.6 is 0 Å². The molecule has 0 heterocycles. The molecule has 8 atom stereocenters. The van der Waals surface area contributed by atoms with E-state index in [1.807, 2.05) is 0 Å². The molecule has 0 radical (unpaired) electrons. The first-order chi connectivity index (χ1) is 6.67. The highest BCUT2D eigenvalue weighted by molar-refractivity contribution is 6.08. The molecular formula is C12H12O2. The molecule has 0 amide bonds. The smallest absolute Gasteiger partial charge is 0.143 e. The van der Waals surface area contributed by atoms with E-state index in [4.69, 9.17) is 0 Å². The van der Waals surface area contributed by atoms with Crippen molar-refractivity contribution in [2.24, 2.45) is 46.8 Å². The third kappa shape index (κ3) is 0.322. The monoisotopic (exact) mass is 188 g/mol. The molecule has 2 heteroatoms. The molecule has 5 aliphatic carbocycles. The quantitative estimate of drug-likeness (QED) is 0.566. The van der Waals surface area contributed by atoms with Gasteiger partial charge < -0.3 is 0 Å². The summed E-state index contributed by atoms with van der Waals surface area (Å²) in [6.07, 6.45) is 1.20. The van der Waals surface area contributed by atoms with Crippen molar-refractivity contribution in [3.63, 3.8) is 0 Å². The molecule has 5 aliphatic rings. The molecule has 0 N–H and O–H groups in total. The lowest BCUT2D eigenvalue weighted by molar-refractivity contribution is -0.158. The zero-order valence-corrected chi connectivity index (χ0v) is 8.07. The van der Waals surface area contributed by atoms with E-state index in [1.165, 1.54) is 6.42 Å². The zero-order valence-electron chi connectivity index (χ0n) is 8.07. The lowest BCUT2D eigenvalue weighted by Crippen LogP contribution is -2.57. The van der Waals surface area contributed by atoms with Gasteiger partial charge in [-0.1, -0.05) is 6.92 Å². The van der Waals surface area contributed by atoms with Crippen LogP contribution in [-0.4, -0.2) is 11.6 Å². The van der Waals surface area contributed by atoms with Gasteiger partial charge in [-0.05, 0) is 30.1 Å². The molecule has 5 saturated carbocycles. The summed E-state index contributed by atoms with van der Waals surface area (Å²) in [6.45, 7) is 2.08. The Balaban J connectivity index is 1.93. The van der Waals surface area contributed by atoms with Crippen LogP contribution in [-0.2, 0) is 9.59 Å². The minimum absolute atomic E-state index is 0.166. The number of ketones is 2. The topological polar surface area (TPSA) is 34.1 Å². The summed E-state index contributed by atoms with van der Waals surface area (Å²) in [5.41, 5.74) is -0.182. The summed E-state index contributed by atoms with van der Waals surface area (Å²) in [5.74, 6) is 4.00. The average Bonchev–Trinajstić information content (AvgIpc) is 2.67. The van der Waals surface area contributed by atoms with Gasteiger partial charge in [0.05, 0.1) is 0 Å². The van der Waals surface area contributed by atoms with Crippen molar-refractivity contribution in [1.82, 2.24) is 0 Å². The number of hydrogen-bond donors (Lipinski definition) is 0. The van der Waals surface area contributed by atoms with Gasteiger partial charge in [0, 0.05) is 23.2 Å². The highest BCUT2D eigenvalue weighted by Gasteiger charge is 2.88. The van der Waals surface area contributed by atoms with E-state index in [0.717, 1.165) is 0 Å². The molecule has 0 aliphatic heterocycles. The van der Waals surface area contributed by atoms with Gasteiger partial charge in [0.25, 0.3) is 0 Å². The molecular weight excluding hydrogens is 176 g/mol. The van der Waals surface area contributed by atoms with Crippen LogP contribution in [0, 0.1) is 46.8 Å². The van der Waals surface area contributed by atoms with E-state index in [2.05, 4.69) is 6.92 Å². The van der Waals surface area contributed by atoms with Crippen LogP contribution in [0.4, 0.5) is 0 Å². The van der Waals surface area contributed by atoms with E-state index in [0.29, 0.717) is 35.2 Å². The van der Waals surface area contributed by atoms with Crippen LogP contribution in [0.3, 0.4) is 0 Å². The summed E-state index contributed by atoms with van der Waals surface area (Å²) in [5, 5.41) is 0. The fourth-order valence-electron chi connectivity index (χ4n) is 6.36. The summed E-state index contributed by atoms with van der Waals surface area (Å²) in [7, 11) is 0. The molecule has 0 spiro atoms. The third-order valence-corrected chi connectivity index (χ3v) is 6.42. The fourth-order valence-corrected chi connectivity index (χ4v) is 6.36. The van der Waals surface area contributed by atoms with Crippen LogP contribution in [0.15, 0.2) is 0 Å². The normalized spacial score (nSPS) is 75.1. The van der Waals surface area contributed by atoms with E-state index in [1.54, 1.807) is 0 Å². The Morgan fingerprint density at radius 3 is 2.79 bits per heavy atom. The van der Waals surface area contributed by atoms with E-state index >= 15 is 0 Å². The van der Waals surface area contributed by atoms with Crippen molar-refractivity contribution in [2.75, 3.05) is 0 Å². The second kappa shape index (κ2) is 1.43. The van der Waals surface area contributed by atoms with Gasteiger partial charge >= 0.3 is 0 Å². The predicted octanol–water partition coefficient (Wildman–Crippen LogP) is 0.902.